The number of hydrogen-bond acceptors (Lipinski definition) is 9. The van der Waals surface area contributed by atoms with Crippen molar-refractivity contribution in [3.8, 4) is 11.5 Å². The molecule has 39 heavy (non-hydrogen) atoms. The second kappa shape index (κ2) is 8.95. The van der Waals surface area contributed by atoms with Gasteiger partial charge in [0.1, 0.15) is 34.4 Å². The lowest BCUT2D eigenvalue weighted by molar-refractivity contribution is -0.148. The monoisotopic (exact) mass is 538 g/mol. The highest BCUT2D eigenvalue weighted by molar-refractivity contribution is 6.22. The number of aliphatic hydroxyl groups excluding tert-OH is 2. The molecule has 202 valence electrons. The number of primary amides is 1. The Morgan fingerprint density at radius 3 is 2.41 bits per heavy atom. The number of ketones is 2. The van der Waals surface area contributed by atoms with Crippen LogP contribution in [0.5, 0.6) is 11.5 Å². The zero-order valence-corrected chi connectivity index (χ0v) is 20.4. The average Bonchev–Trinajstić information content (AvgIpc) is 2.87. The van der Waals surface area contributed by atoms with Crippen molar-refractivity contribution in [3.63, 3.8) is 0 Å². The van der Waals surface area contributed by atoms with Crippen molar-refractivity contribution >= 4 is 35.0 Å². The Kier molecular flexibility index (Phi) is 5.95. The summed E-state index contributed by atoms with van der Waals surface area (Å²) in [6.07, 6.45) is -1.45. The number of rotatable bonds is 3. The Morgan fingerprint density at radius 2 is 1.77 bits per heavy atom. The number of amides is 2. The first-order valence-electron chi connectivity index (χ1n) is 11.9. The zero-order valence-electron chi connectivity index (χ0n) is 20.4. The molecule has 1 fully saturated rings. The number of hydrogen-bond donors (Lipinski definition) is 6. The fourth-order valence-electron chi connectivity index (χ4n) is 5.76. The molecule has 2 aromatic rings. The summed E-state index contributed by atoms with van der Waals surface area (Å²) < 4.78 is 18.2. The van der Waals surface area contributed by atoms with Crippen LogP contribution in [-0.2, 0) is 14.4 Å². The van der Waals surface area contributed by atoms with Crippen molar-refractivity contribution in [2.75, 3.05) is 5.32 Å². The Balaban J connectivity index is 1.55. The molecule has 4 atom stereocenters. The highest BCUT2D eigenvalue weighted by Gasteiger charge is 2.61. The van der Waals surface area contributed by atoms with Gasteiger partial charge in [-0.3, -0.25) is 19.7 Å². The van der Waals surface area contributed by atoms with Crippen LogP contribution in [0.25, 0.3) is 5.76 Å². The van der Waals surface area contributed by atoms with E-state index in [1.54, 1.807) is 6.92 Å². The Labute approximate surface area is 220 Å². The predicted octanol–water partition coefficient (Wildman–Crippen LogP) is 2.73. The molecule has 2 aromatic carbocycles. The first-order chi connectivity index (χ1) is 18.4. The molecule has 11 nitrogen and oxygen atoms in total. The van der Waals surface area contributed by atoms with Crippen LogP contribution in [0.1, 0.15) is 36.8 Å². The van der Waals surface area contributed by atoms with Gasteiger partial charge in [0.25, 0.3) is 5.91 Å². The maximum absolute atomic E-state index is 13.6. The third-order valence-corrected chi connectivity index (χ3v) is 7.70. The Bertz CT molecular complexity index is 1530. The molecule has 0 saturated heterocycles. The number of benzene rings is 2. The number of aliphatic hydroxyl groups is 3. The van der Waals surface area contributed by atoms with Crippen LogP contribution < -0.4 is 15.8 Å². The number of fused-ring (bicyclic) bond motifs is 3. The van der Waals surface area contributed by atoms with Crippen molar-refractivity contribution in [1.82, 2.24) is 0 Å². The fraction of sp³-hybridized carbons (Fsp3) is 0.259. The minimum atomic E-state index is -2.68. The number of halogens is 1. The van der Waals surface area contributed by atoms with Gasteiger partial charge in [0.2, 0.25) is 5.78 Å². The number of carbonyl (C=O) groups is 4. The van der Waals surface area contributed by atoms with E-state index in [2.05, 4.69) is 5.32 Å². The molecule has 0 aromatic heterocycles. The second-order valence-electron chi connectivity index (χ2n) is 9.80. The van der Waals surface area contributed by atoms with Gasteiger partial charge in [0.05, 0.1) is 11.3 Å². The maximum atomic E-state index is 13.6. The van der Waals surface area contributed by atoms with Gasteiger partial charge in [-0.1, -0.05) is 13.0 Å². The fourth-order valence-corrected chi connectivity index (χ4v) is 5.76. The molecule has 1 unspecified atom stereocenters. The number of Topliss-reactive ketones (excluding diaryl/α,β-unsaturated/α-hetero) is 2. The molecule has 0 aliphatic heterocycles. The van der Waals surface area contributed by atoms with Crippen LogP contribution >= 0.6 is 0 Å². The van der Waals surface area contributed by atoms with Crippen molar-refractivity contribution < 1.29 is 48.7 Å². The topological polar surface area (TPSA) is 196 Å². The summed E-state index contributed by atoms with van der Waals surface area (Å²) in [5.74, 6) is -8.49. The quantitative estimate of drug-likeness (QED) is 0.251. The number of anilines is 1. The molecule has 0 heterocycles. The number of phenolic OH excluding ortho intramolecular Hbond substituents is 1. The van der Waals surface area contributed by atoms with Crippen molar-refractivity contribution in [3.05, 3.63) is 70.2 Å². The van der Waals surface area contributed by atoms with Crippen molar-refractivity contribution in [2.45, 2.75) is 31.3 Å². The van der Waals surface area contributed by atoms with Gasteiger partial charge in [0, 0.05) is 17.9 Å². The molecule has 5 rings (SSSR count). The minimum Gasteiger partial charge on any atom is -0.508 e. The third kappa shape index (κ3) is 3.83. The van der Waals surface area contributed by atoms with Crippen LogP contribution in [0.4, 0.5) is 14.9 Å². The normalized spacial score (nSPS) is 26.0. The van der Waals surface area contributed by atoms with Gasteiger partial charge < -0.3 is 30.9 Å². The highest BCUT2D eigenvalue weighted by atomic mass is 19.1. The molecule has 0 spiro atoms. The third-order valence-electron chi connectivity index (χ3n) is 7.70. The molecule has 1 saturated carbocycles. The molecule has 12 heteroatoms. The van der Waals surface area contributed by atoms with Gasteiger partial charge in [-0.15, -0.1) is 0 Å². The molecule has 7 N–H and O–H groups in total. The number of nitrogens with one attached hydrogen (secondary N) is 1. The number of aromatic hydroxyl groups is 1. The summed E-state index contributed by atoms with van der Waals surface area (Å²) in [7, 11) is 0. The van der Waals surface area contributed by atoms with E-state index in [-0.39, 0.29) is 29.0 Å². The van der Waals surface area contributed by atoms with Gasteiger partial charge in [0.15, 0.2) is 11.4 Å². The molecule has 0 radical (unpaired) electrons. The Hall–Kier alpha value is -4.71. The number of phenols is 1. The van der Waals surface area contributed by atoms with Gasteiger partial charge in [-0.25, -0.2) is 9.18 Å². The smallest absolute Gasteiger partial charge is 0.417 e. The molecular formula is C27H23FN2O9. The lowest BCUT2D eigenvalue weighted by Gasteiger charge is -2.47. The van der Waals surface area contributed by atoms with E-state index < -0.39 is 82.0 Å². The summed E-state index contributed by atoms with van der Waals surface area (Å²) in [4.78, 5) is 50.2. The second-order valence-corrected chi connectivity index (χ2v) is 9.80. The van der Waals surface area contributed by atoms with Gasteiger partial charge >= 0.3 is 6.09 Å². The zero-order chi connectivity index (χ0) is 28.4. The van der Waals surface area contributed by atoms with E-state index in [9.17, 15) is 44.0 Å². The van der Waals surface area contributed by atoms with Crippen molar-refractivity contribution in [2.24, 2.45) is 17.6 Å². The van der Waals surface area contributed by atoms with Crippen LogP contribution in [0.3, 0.4) is 0 Å². The van der Waals surface area contributed by atoms with E-state index in [0.717, 1.165) is 12.1 Å². The lowest BCUT2D eigenvalue weighted by Crippen LogP contribution is -2.58. The molecule has 3 aliphatic rings. The van der Waals surface area contributed by atoms with Gasteiger partial charge in [-0.05, 0) is 54.2 Å². The van der Waals surface area contributed by atoms with Crippen LogP contribution in [0, 0.1) is 17.7 Å². The largest absolute Gasteiger partial charge is 0.508 e. The average molecular weight is 538 g/mol. The van der Waals surface area contributed by atoms with Crippen molar-refractivity contribution in [1.29, 1.82) is 0 Å². The van der Waals surface area contributed by atoms with E-state index >= 15 is 0 Å². The summed E-state index contributed by atoms with van der Waals surface area (Å²) in [5, 5.41) is 46.5. The summed E-state index contributed by atoms with van der Waals surface area (Å²) in [5.41, 5.74) is 1.39. The van der Waals surface area contributed by atoms with Crippen LogP contribution in [-0.4, -0.2) is 49.6 Å². The number of nitrogens with two attached hydrogens (primary N) is 1. The predicted molar refractivity (Wildman–Crippen MR) is 132 cm³/mol. The number of carbonyl (C=O) groups excluding carboxylic acids is 4. The van der Waals surface area contributed by atoms with Gasteiger partial charge in [-0.2, -0.15) is 0 Å². The van der Waals surface area contributed by atoms with E-state index in [1.807, 2.05) is 0 Å². The van der Waals surface area contributed by atoms with Crippen LogP contribution in [0.2, 0.25) is 0 Å². The SMILES string of the molecule is C[C@H]1c2ccc(NC(=O)Oc3ccc(F)cc3)c(O)c2C(O)=C2C(=O)[C@]3(O)C(O)=C(C(N)=O)C(=O)C[C@@H]3CC21. The summed E-state index contributed by atoms with van der Waals surface area (Å²) in [6, 6.07) is 7.51. The molecule has 0 bridgehead atoms. The Morgan fingerprint density at radius 1 is 1.10 bits per heavy atom. The summed E-state index contributed by atoms with van der Waals surface area (Å²) in [6.45, 7) is 1.72. The first-order valence-corrected chi connectivity index (χ1v) is 11.9. The number of ether oxygens (including phenoxy) is 1. The van der Waals surface area contributed by atoms with E-state index in [1.165, 1.54) is 24.3 Å². The standard InChI is InChI=1S/C27H23FN2O9/c1-10-14-6-7-16(30-26(37)39-13-4-2-12(28)3-5-13)21(32)18(14)22(33)19-15(10)8-11-9-17(31)20(25(29)36)24(35)27(11,38)23(19)34/h2-7,10-11,15,32-33,35,38H,8-9H2,1H3,(H2,29,36)(H,30,37)/t10-,11-,15?,27-/m0/s1. The van der Waals surface area contributed by atoms with E-state index in [0.29, 0.717) is 5.56 Å². The molecule has 2 amide bonds. The lowest BCUT2D eigenvalue weighted by atomic mass is 9.57. The first kappa shape index (κ1) is 25.9. The van der Waals surface area contributed by atoms with E-state index in [4.69, 9.17) is 10.5 Å². The summed E-state index contributed by atoms with van der Waals surface area (Å²) >= 11 is 0. The maximum Gasteiger partial charge on any atom is 0.417 e. The molecule has 3 aliphatic carbocycles. The highest BCUT2D eigenvalue weighted by Crippen LogP contribution is 2.56. The minimum absolute atomic E-state index is 0.00512. The van der Waals surface area contributed by atoms with Crippen LogP contribution in [0.15, 0.2) is 53.3 Å². The molecular weight excluding hydrogens is 515 g/mol.